The van der Waals surface area contributed by atoms with Crippen LogP contribution in [-0.2, 0) is 0 Å². The highest BCUT2D eigenvalue weighted by Gasteiger charge is 2.09. The molecule has 0 radical (unpaired) electrons. The Morgan fingerprint density at radius 2 is 1.74 bits per heavy atom. The highest BCUT2D eigenvalue weighted by atomic mass is 16.5. The Morgan fingerprint density at radius 1 is 0.947 bits per heavy atom. The number of rotatable bonds is 2. The number of hydrogen-bond donors (Lipinski definition) is 1. The lowest BCUT2D eigenvalue weighted by Crippen LogP contribution is -1.92. The Bertz CT molecular complexity index is 738. The Labute approximate surface area is 111 Å². The molecule has 0 fully saturated rings. The number of aromatic nitrogens is 1. The third kappa shape index (κ3) is 1.89. The lowest BCUT2D eigenvalue weighted by Gasteiger charge is -2.11. The van der Waals surface area contributed by atoms with Crippen LogP contribution in [-0.4, -0.2) is 12.1 Å². The van der Waals surface area contributed by atoms with Crippen molar-refractivity contribution in [2.75, 3.05) is 12.8 Å². The van der Waals surface area contributed by atoms with Gasteiger partial charge < -0.3 is 10.5 Å². The standard InChI is InChI=1S/C16H14N2O/c1-19-16-7-6-12(11-4-2-3-5-13(11)16)14-10-18-9-8-15(14)17/h2-10H,1H3,(H2,17,18). The zero-order valence-electron chi connectivity index (χ0n) is 10.6. The number of methoxy groups -OCH3 is 1. The maximum Gasteiger partial charge on any atom is 0.126 e. The van der Waals surface area contributed by atoms with Crippen LogP contribution >= 0.6 is 0 Å². The molecule has 0 aliphatic carbocycles. The van der Waals surface area contributed by atoms with E-state index in [1.165, 1.54) is 0 Å². The molecule has 1 heterocycles. The van der Waals surface area contributed by atoms with Crippen LogP contribution in [0.1, 0.15) is 0 Å². The van der Waals surface area contributed by atoms with Gasteiger partial charge in [0.2, 0.25) is 0 Å². The van der Waals surface area contributed by atoms with E-state index in [1.807, 2.05) is 36.4 Å². The number of nitrogen functional groups attached to an aromatic ring is 1. The summed E-state index contributed by atoms with van der Waals surface area (Å²) in [5.41, 5.74) is 8.79. The van der Waals surface area contributed by atoms with Crippen molar-refractivity contribution in [3.05, 3.63) is 54.9 Å². The summed E-state index contributed by atoms with van der Waals surface area (Å²) in [6.45, 7) is 0. The monoisotopic (exact) mass is 250 g/mol. The van der Waals surface area contributed by atoms with Gasteiger partial charge in [0.15, 0.2) is 0 Å². The smallest absolute Gasteiger partial charge is 0.126 e. The molecule has 1 aromatic heterocycles. The zero-order valence-corrected chi connectivity index (χ0v) is 10.6. The van der Waals surface area contributed by atoms with Crippen LogP contribution in [0.25, 0.3) is 21.9 Å². The molecule has 0 saturated carbocycles. The van der Waals surface area contributed by atoms with Gasteiger partial charge in [-0.2, -0.15) is 0 Å². The van der Waals surface area contributed by atoms with E-state index in [0.717, 1.165) is 33.3 Å². The van der Waals surface area contributed by atoms with E-state index < -0.39 is 0 Å². The van der Waals surface area contributed by atoms with E-state index in [0.29, 0.717) is 0 Å². The summed E-state index contributed by atoms with van der Waals surface area (Å²) in [6, 6.07) is 13.9. The molecule has 3 nitrogen and oxygen atoms in total. The van der Waals surface area contributed by atoms with Gasteiger partial charge in [0.05, 0.1) is 7.11 Å². The average molecular weight is 250 g/mol. The normalized spacial score (nSPS) is 10.6. The van der Waals surface area contributed by atoms with E-state index in [4.69, 9.17) is 10.5 Å². The minimum Gasteiger partial charge on any atom is -0.496 e. The van der Waals surface area contributed by atoms with Crippen LogP contribution in [0.4, 0.5) is 5.69 Å². The van der Waals surface area contributed by atoms with Gasteiger partial charge in [-0.1, -0.05) is 24.3 Å². The first kappa shape index (κ1) is 11.5. The summed E-state index contributed by atoms with van der Waals surface area (Å²) in [4.78, 5) is 4.16. The fraction of sp³-hybridized carbons (Fsp3) is 0.0625. The SMILES string of the molecule is COc1ccc(-c2cnccc2N)c2ccccc12. The first-order chi connectivity index (χ1) is 9.31. The Kier molecular flexibility index (Phi) is 2.80. The molecule has 0 bridgehead atoms. The summed E-state index contributed by atoms with van der Waals surface area (Å²) >= 11 is 0. The fourth-order valence-corrected chi connectivity index (χ4v) is 2.31. The number of ether oxygens (including phenoxy) is 1. The van der Waals surface area contributed by atoms with Crippen LogP contribution in [0.5, 0.6) is 5.75 Å². The predicted molar refractivity (Wildman–Crippen MR) is 78.1 cm³/mol. The lowest BCUT2D eigenvalue weighted by atomic mass is 9.98. The second-order valence-electron chi connectivity index (χ2n) is 4.32. The molecule has 0 unspecified atom stereocenters. The molecule has 3 aromatic rings. The number of hydrogen-bond acceptors (Lipinski definition) is 3. The molecule has 0 saturated heterocycles. The van der Waals surface area contributed by atoms with Crippen LogP contribution in [0, 0.1) is 0 Å². The van der Waals surface area contributed by atoms with Crippen LogP contribution < -0.4 is 10.5 Å². The summed E-state index contributed by atoms with van der Waals surface area (Å²) < 4.78 is 5.40. The topological polar surface area (TPSA) is 48.1 Å². The van der Waals surface area contributed by atoms with Crippen molar-refractivity contribution in [2.24, 2.45) is 0 Å². The molecule has 3 heteroatoms. The molecule has 2 aromatic carbocycles. The van der Waals surface area contributed by atoms with Gasteiger partial charge in [-0.3, -0.25) is 4.98 Å². The summed E-state index contributed by atoms with van der Waals surface area (Å²) in [7, 11) is 1.68. The maximum atomic E-state index is 6.04. The summed E-state index contributed by atoms with van der Waals surface area (Å²) in [5.74, 6) is 0.863. The van der Waals surface area contributed by atoms with E-state index in [1.54, 1.807) is 19.5 Å². The second-order valence-corrected chi connectivity index (χ2v) is 4.32. The van der Waals surface area contributed by atoms with Crippen LogP contribution in [0.2, 0.25) is 0 Å². The van der Waals surface area contributed by atoms with Crippen LogP contribution in [0.3, 0.4) is 0 Å². The van der Waals surface area contributed by atoms with Crippen LogP contribution in [0.15, 0.2) is 54.9 Å². The molecular weight excluding hydrogens is 236 g/mol. The number of pyridine rings is 1. The third-order valence-corrected chi connectivity index (χ3v) is 3.25. The van der Waals surface area contributed by atoms with Gasteiger partial charge in [0.1, 0.15) is 5.75 Å². The number of benzene rings is 2. The van der Waals surface area contributed by atoms with E-state index in [2.05, 4.69) is 11.1 Å². The minimum absolute atomic E-state index is 0.727. The molecule has 19 heavy (non-hydrogen) atoms. The number of nitrogens with zero attached hydrogens (tertiary/aromatic N) is 1. The predicted octanol–water partition coefficient (Wildman–Crippen LogP) is 3.49. The van der Waals surface area contributed by atoms with Crippen molar-refractivity contribution in [2.45, 2.75) is 0 Å². The van der Waals surface area contributed by atoms with Crippen molar-refractivity contribution in [1.29, 1.82) is 0 Å². The average Bonchev–Trinajstić information content (AvgIpc) is 2.47. The van der Waals surface area contributed by atoms with Crippen molar-refractivity contribution in [3.63, 3.8) is 0 Å². The largest absolute Gasteiger partial charge is 0.496 e. The number of fused-ring (bicyclic) bond motifs is 1. The first-order valence-corrected chi connectivity index (χ1v) is 6.07. The molecule has 3 rings (SSSR count). The van der Waals surface area contributed by atoms with Gasteiger partial charge in [-0.15, -0.1) is 0 Å². The molecular formula is C16H14N2O. The summed E-state index contributed by atoms with van der Waals surface area (Å²) in [5, 5.41) is 2.19. The second kappa shape index (κ2) is 4.61. The zero-order chi connectivity index (χ0) is 13.2. The maximum absolute atomic E-state index is 6.04. The lowest BCUT2D eigenvalue weighted by molar-refractivity contribution is 0.420. The van der Waals surface area contributed by atoms with Gasteiger partial charge in [0, 0.05) is 29.0 Å². The van der Waals surface area contributed by atoms with Crippen molar-refractivity contribution in [3.8, 4) is 16.9 Å². The Balaban J connectivity index is 2.35. The minimum atomic E-state index is 0.727. The van der Waals surface area contributed by atoms with Gasteiger partial charge in [-0.05, 0) is 29.1 Å². The van der Waals surface area contributed by atoms with E-state index in [9.17, 15) is 0 Å². The molecule has 0 aliphatic heterocycles. The number of anilines is 1. The van der Waals surface area contributed by atoms with Crippen molar-refractivity contribution < 1.29 is 4.74 Å². The molecule has 0 atom stereocenters. The highest BCUT2D eigenvalue weighted by molar-refractivity contribution is 6.01. The third-order valence-electron chi connectivity index (χ3n) is 3.25. The van der Waals surface area contributed by atoms with Gasteiger partial charge >= 0.3 is 0 Å². The highest BCUT2D eigenvalue weighted by Crippen LogP contribution is 2.35. The van der Waals surface area contributed by atoms with E-state index >= 15 is 0 Å². The number of nitrogens with two attached hydrogens (primary N) is 1. The summed E-state index contributed by atoms with van der Waals surface area (Å²) in [6.07, 6.45) is 3.49. The quantitative estimate of drug-likeness (QED) is 0.757. The first-order valence-electron chi connectivity index (χ1n) is 6.07. The Morgan fingerprint density at radius 3 is 2.47 bits per heavy atom. The van der Waals surface area contributed by atoms with Gasteiger partial charge in [0.25, 0.3) is 0 Å². The van der Waals surface area contributed by atoms with E-state index in [-0.39, 0.29) is 0 Å². The van der Waals surface area contributed by atoms with Gasteiger partial charge in [-0.25, -0.2) is 0 Å². The molecule has 94 valence electrons. The molecule has 0 amide bonds. The fourth-order valence-electron chi connectivity index (χ4n) is 2.31. The molecule has 0 spiro atoms. The molecule has 2 N–H and O–H groups in total. The molecule has 0 aliphatic rings. The Hall–Kier alpha value is -2.55. The van der Waals surface area contributed by atoms with Crippen molar-refractivity contribution >= 4 is 16.5 Å². The van der Waals surface area contributed by atoms with Crippen molar-refractivity contribution in [1.82, 2.24) is 4.98 Å².